The maximum atomic E-state index is 13.2. The van der Waals surface area contributed by atoms with Crippen molar-refractivity contribution in [1.29, 1.82) is 0 Å². The highest BCUT2D eigenvalue weighted by atomic mass is 32.1. The van der Waals surface area contributed by atoms with Gasteiger partial charge >= 0.3 is 6.18 Å². The SMILES string of the molecule is COc1ccc(-c2nc(C(=O)NCc3csc4cncnc34)c(CN)o2)c2ccc(C(F)(F)F)nc12. The smallest absolute Gasteiger partial charge is 0.433 e. The van der Waals surface area contributed by atoms with Crippen molar-refractivity contribution in [1.82, 2.24) is 25.3 Å². The van der Waals surface area contributed by atoms with Crippen LogP contribution in [0.5, 0.6) is 5.75 Å². The van der Waals surface area contributed by atoms with E-state index in [0.29, 0.717) is 10.9 Å². The Bertz CT molecular complexity index is 1600. The number of nitrogens with one attached hydrogen (secondary N) is 1. The molecule has 1 amide bonds. The third-order valence-corrected chi connectivity index (χ3v) is 6.36. The Morgan fingerprint density at radius 1 is 1.19 bits per heavy atom. The molecule has 0 aliphatic rings. The van der Waals surface area contributed by atoms with E-state index >= 15 is 0 Å². The number of oxazole rings is 1. The fourth-order valence-electron chi connectivity index (χ4n) is 3.70. The number of amides is 1. The summed E-state index contributed by atoms with van der Waals surface area (Å²) in [6, 6.07) is 5.15. The van der Waals surface area contributed by atoms with E-state index in [1.807, 2.05) is 5.38 Å². The van der Waals surface area contributed by atoms with Crippen LogP contribution in [-0.2, 0) is 19.3 Å². The van der Waals surface area contributed by atoms with Gasteiger partial charge in [-0.1, -0.05) is 0 Å². The van der Waals surface area contributed by atoms with Crippen LogP contribution in [0.4, 0.5) is 13.2 Å². The molecule has 0 saturated heterocycles. The zero-order valence-electron chi connectivity index (χ0n) is 18.6. The van der Waals surface area contributed by atoms with E-state index in [1.165, 1.54) is 36.9 Å². The van der Waals surface area contributed by atoms with Gasteiger partial charge in [0.1, 0.15) is 23.3 Å². The van der Waals surface area contributed by atoms with E-state index in [9.17, 15) is 18.0 Å². The number of aromatic nitrogens is 4. The first kappa shape index (κ1) is 23.6. The quantitative estimate of drug-likeness (QED) is 0.343. The van der Waals surface area contributed by atoms with E-state index in [1.54, 1.807) is 12.3 Å². The fraction of sp³-hybridized carbons (Fsp3) is 0.174. The van der Waals surface area contributed by atoms with Crippen molar-refractivity contribution in [2.24, 2.45) is 5.73 Å². The number of alkyl halides is 3. The number of fused-ring (bicyclic) bond motifs is 2. The van der Waals surface area contributed by atoms with Gasteiger partial charge in [-0.25, -0.2) is 19.9 Å². The molecule has 0 spiro atoms. The zero-order valence-corrected chi connectivity index (χ0v) is 19.4. The van der Waals surface area contributed by atoms with Crippen LogP contribution >= 0.6 is 11.3 Å². The molecule has 0 radical (unpaired) electrons. The van der Waals surface area contributed by atoms with Crippen molar-refractivity contribution in [2.45, 2.75) is 19.3 Å². The van der Waals surface area contributed by atoms with Gasteiger partial charge in [0.25, 0.3) is 5.91 Å². The lowest BCUT2D eigenvalue weighted by molar-refractivity contribution is -0.140. The number of pyridine rings is 1. The maximum absolute atomic E-state index is 13.2. The minimum Gasteiger partial charge on any atom is -0.494 e. The number of nitrogens with zero attached hydrogens (tertiary/aromatic N) is 4. The second-order valence-electron chi connectivity index (χ2n) is 7.58. The molecule has 4 heterocycles. The highest BCUT2D eigenvalue weighted by Gasteiger charge is 2.33. The van der Waals surface area contributed by atoms with E-state index in [4.69, 9.17) is 14.9 Å². The Kier molecular flexibility index (Phi) is 6.02. The number of halogens is 3. The summed E-state index contributed by atoms with van der Waals surface area (Å²) in [6.07, 6.45) is -1.50. The van der Waals surface area contributed by atoms with E-state index < -0.39 is 17.8 Å². The summed E-state index contributed by atoms with van der Waals surface area (Å²) in [6.45, 7) is 0.0760. The Morgan fingerprint density at radius 3 is 2.78 bits per heavy atom. The van der Waals surface area contributed by atoms with Crippen molar-refractivity contribution < 1.29 is 27.1 Å². The molecule has 4 aromatic heterocycles. The summed E-state index contributed by atoms with van der Waals surface area (Å²) < 4.78 is 51.5. The van der Waals surface area contributed by atoms with Crippen molar-refractivity contribution >= 4 is 38.4 Å². The number of hydrogen-bond donors (Lipinski definition) is 2. The Hall–Kier alpha value is -4.10. The van der Waals surface area contributed by atoms with Gasteiger partial charge in [0.2, 0.25) is 5.89 Å². The molecule has 0 aliphatic heterocycles. The Morgan fingerprint density at radius 2 is 2.03 bits per heavy atom. The summed E-state index contributed by atoms with van der Waals surface area (Å²) >= 11 is 1.46. The van der Waals surface area contributed by atoms with Crippen LogP contribution in [0.1, 0.15) is 27.5 Å². The average molecular weight is 514 g/mol. The molecule has 5 rings (SSSR count). The Balaban J connectivity index is 1.49. The summed E-state index contributed by atoms with van der Waals surface area (Å²) in [7, 11) is 1.33. The summed E-state index contributed by atoms with van der Waals surface area (Å²) in [4.78, 5) is 29.2. The molecule has 0 atom stereocenters. The van der Waals surface area contributed by atoms with Crippen molar-refractivity contribution in [3.63, 3.8) is 0 Å². The molecule has 0 saturated carbocycles. The van der Waals surface area contributed by atoms with Gasteiger partial charge in [-0.3, -0.25) is 4.79 Å². The van der Waals surface area contributed by atoms with Crippen LogP contribution in [-0.4, -0.2) is 33.0 Å². The summed E-state index contributed by atoms with van der Waals surface area (Å²) in [5.74, 6) is -0.225. The highest BCUT2D eigenvalue weighted by Crippen LogP contribution is 2.37. The molecule has 0 fully saturated rings. The number of benzene rings is 1. The molecule has 13 heteroatoms. The number of thiophene rings is 1. The predicted octanol–water partition coefficient (Wildman–Crippen LogP) is 4.31. The second-order valence-corrected chi connectivity index (χ2v) is 8.49. The van der Waals surface area contributed by atoms with Gasteiger partial charge in [-0.2, -0.15) is 13.2 Å². The third kappa shape index (κ3) is 4.22. The topological polar surface area (TPSA) is 129 Å². The van der Waals surface area contributed by atoms with Crippen LogP contribution < -0.4 is 15.8 Å². The first-order valence-corrected chi connectivity index (χ1v) is 11.4. The molecular formula is C23H17F3N6O3S. The molecule has 0 unspecified atom stereocenters. The lowest BCUT2D eigenvalue weighted by Crippen LogP contribution is -2.24. The molecule has 36 heavy (non-hydrogen) atoms. The third-order valence-electron chi connectivity index (χ3n) is 5.41. The number of ether oxygens (including phenoxy) is 1. The highest BCUT2D eigenvalue weighted by molar-refractivity contribution is 7.17. The minimum atomic E-state index is -4.63. The molecule has 9 nitrogen and oxygen atoms in total. The lowest BCUT2D eigenvalue weighted by Gasteiger charge is -2.11. The average Bonchev–Trinajstić information content (AvgIpc) is 3.50. The van der Waals surface area contributed by atoms with Crippen molar-refractivity contribution in [2.75, 3.05) is 7.11 Å². The first-order valence-electron chi connectivity index (χ1n) is 10.5. The fourth-order valence-corrected chi connectivity index (χ4v) is 4.58. The van der Waals surface area contributed by atoms with Gasteiger partial charge in [0, 0.05) is 29.3 Å². The van der Waals surface area contributed by atoms with Gasteiger partial charge in [-0.15, -0.1) is 11.3 Å². The number of hydrogen-bond acceptors (Lipinski definition) is 9. The van der Waals surface area contributed by atoms with E-state index in [2.05, 4.69) is 25.3 Å². The molecular weight excluding hydrogens is 497 g/mol. The van der Waals surface area contributed by atoms with Gasteiger partial charge in [-0.05, 0) is 29.6 Å². The molecule has 0 aliphatic carbocycles. The second kappa shape index (κ2) is 9.17. The first-order chi connectivity index (χ1) is 17.3. The van der Waals surface area contributed by atoms with Gasteiger partial charge in [0.15, 0.2) is 11.5 Å². The van der Waals surface area contributed by atoms with E-state index in [-0.39, 0.29) is 41.7 Å². The number of nitrogens with two attached hydrogens (primary N) is 1. The van der Waals surface area contributed by atoms with Crippen molar-refractivity contribution in [3.05, 3.63) is 64.9 Å². The zero-order chi connectivity index (χ0) is 25.4. The van der Waals surface area contributed by atoms with Crippen LogP contribution in [0.3, 0.4) is 0 Å². The van der Waals surface area contributed by atoms with Crippen LogP contribution in [0, 0.1) is 0 Å². The van der Waals surface area contributed by atoms with Crippen LogP contribution in [0.25, 0.3) is 32.6 Å². The van der Waals surface area contributed by atoms with Gasteiger partial charge < -0.3 is 20.2 Å². The summed E-state index contributed by atoms with van der Waals surface area (Å²) in [5, 5.41) is 4.97. The normalized spacial score (nSPS) is 11.8. The van der Waals surface area contributed by atoms with Crippen LogP contribution in [0.2, 0.25) is 0 Å². The molecule has 3 N–H and O–H groups in total. The van der Waals surface area contributed by atoms with Crippen LogP contribution in [0.15, 0.2) is 46.6 Å². The number of carbonyl (C=O) groups is 1. The predicted molar refractivity (Wildman–Crippen MR) is 125 cm³/mol. The molecule has 0 bridgehead atoms. The van der Waals surface area contributed by atoms with E-state index in [0.717, 1.165) is 21.8 Å². The monoisotopic (exact) mass is 514 g/mol. The largest absolute Gasteiger partial charge is 0.494 e. The number of methoxy groups -OCH3 is 1. The molecule has 1 aromatic carbocycles. The number of carbonyl (C=O) groups excluding carboxylic acids is 1. The Labute approximate surface area is 205 Å². The van der Waals surface area contributed by atoms with Crippen molar-refractivity contribution in [3.8, 4) is 17.2 Å². The summed E-state index contributed by atoms with van der Waals surface area (Å²) in [5.41, 5.74) is 6.57. The minimum absolute atomic E-state index is 0.0172. The molecule has 5 aromatic rings. The molecule has 184 valence electrons. The lowest BCUT2D eigenvalue weighted by atomic mass is 10.1. The standard InChI is InChI=1S/C23H17F3N6O3S/c1-34-14-4-2-13(12-3-5-17(23(24,25)26)31-19(12)14)22-32-20(15(6-27)35-22)21(33)29-7-11-9-36-16-8-28-10-30-18(11)16/h2-5,8-10H,6-7,27H2,1H3,(H,29,33). The van der Waals surface area contributed by atoms with Gasteiger partial charge in [0.05, 0.1) is 23.9 Å². The number of rotatable bonds is 6. The maximum Gasteiger partial charge on any atom is 0.433 e.